The molecule has 106 valence electrons. The van der Waals surface area contributed by atoms with Crippen LogP contribution in [0, 0.1) is 0 Å². The lowest BCUT2D eigenvalue weighted by molar-refractivity contribution is 0.121. The van der Waals surface area contributed by atoms with Crippen molar-refractivity contribution < 1.29 is 4.74 Å². The van der Waals surface area contributed by atoms with Crippen LogP contribution >= 0.6 is 11.6 Å². The molecule has 0 radical (unpaired) electrons. The van der Waals surface area contributed by atoms with Crippen molar-refractivity contribution in [2.75, 3.05) is 19.8 Å². The second kappa shape index (κ2) is 6.13. The molecule has 0 amide bonds. The van der Waals surface area contributed by atoms with E-state index in [1.165, 1.54) is 16.5 Å². The quantitative estimate of drug-likeness (QED) is 0.918. The zero-order chi connectivity index (χ0) is 13.9. The number of halogens is 1. The lowest BCUT2D eigenvalue weighted by Gasteiger charge is -2.20. The molecule has 3 rings (SSSR count). The first-order valence-corrected chi connectivity index (χ1v) is 7.70. The SMILES string of the molecule is CCCNC1COCCc2c1cc(Cl)c1ccccc21. The predicted octanol–water partition coefficient (Wildman–Crippen LogP) is 4.11. The van der Waals surface area contributed by atoms with E-state index in [0.717, 1.165) is 43.0 Å². The number of hydrogen-bond donors (Lipinski definition) is 1. The van der Waals surface area contributed by atoms with E-state index in [-0.39, 0.29) is 6.04 Å². The second-order valence-electron chi connectivity index (χ2n) is 5.30. The average Bonchev–Trinajstić information content (AvgIpc) is 2.68. The summed E-state index contributed by atoms with van der Waals surface area (Å²) in [4.78, 5) is 0. The van der Waals surface area contributed by atoms with Crippen molar-refractivity contribution in [3.63, 3.8) is 0 Å². The Morgan fingerprint density at radius 1 is 1.30 bits per heavy atom. The molecule has 0 aromatic heterocycles. The van der Waals surface area contributed by atoms with Gasteiger partial charge < -0.3 is 10.1 Å². The lowest BCUT2D eigenvalue weighted by atomic mass is 9.93. The Bertz CT molecular complexity index is 611. The third kappa shape index (κ3) is 2.56. The summed E-state index contributed by atoms with van der Waals surface area (Å²) in [5.41, 5.74) is 2.69. The first kappa shape index (κ1) is 13.9. The monoisotopic (exact) mass is 289 g/mol. The lowest BCUT2D eigenvalue weighted by Crippen LogP contribution is -2.26. The molecule has 1 N–H and O–H groups in total. The molecule has 2 aromatic rings. The fourth-order valence-corrected chi connectivity index (χ4v) is 3.24. The Labute approximate surface area is 125 Å². The smallest absolute Gasteiger partial charge is 0.0661 e. The van der Waals surface area contributed by atoms with Gasteiger partial charge in [-0.3, -0.25) is 0 Å². The molecule has 3 heteroatoms. The molecular formula is C17H20ClNO. The number of rotatable bonds is 3. The minimum atomic E-state index is 0.245. The molecule has 1 unspecified atom stereocenters. The molecule has 0 bridgehead atoms. The molecular weight excluding hydrogens is 270 g/mol. The number of benzene rings is 2. The van der Waals surface area contributed by atoms with Crippen molar-refractivity contribution in [3.8, 4) is 0 Å². The van der Waals surface area contributed by atoms with E-state index in [4.69, 9.17) is 16.3 Å². The Morgan fingerprint density at radius 3 is 2.90 bits per heavy atom. The summed E-state index contributed by atoms with van der Waals surface area (Å²) in [5, 5.41) is 6.82. The van der Waals surface area contributed by atoms with Gasteiger partial charge in [-0.25, -0.2) is 0 Å². The Morgan fingerprint density at radius 2 is 2.10 bits per heavy atom. The van der Waals surface area contributed by atoms with Crippen LogP contribution in [-0.4, -0.2) is 19.8 Å². The van der Waals surface area contributed by atoms with E-state index >= 15 is 0 Å². The molecule has 0 fully saturated rings. The molecule has 0 aliphatic carbocycles. The van der Waals surface area contributed by atoms with Crippen molar-refractivity contribution in [3.05, 3.63) is 46.5 Å². The molecule has 1 heterocycles. The molecule has 0 saturated heterocycles. The van der Waals surface area contributed by atoms with Gasteiger partial charge in [0.05, 0.1) is 19.3 Å². The van der Waals surface area contributed by atoms with Gasteiger partial charge in [-0.1, -0.05) is 42.8 Å². The minimum absolute atomic E-state index is 0.245. The second-order valence-corrected chi connectivity index (χ2v) is 5.71. The summed E-state index contributed by atoms with van der Waals surface area (Å²) in [6.07, 6.45) is 2.07. The van der Waals surface area contributed by atoms with E-state index in [2.05, 4.69) is 36.5 Å². The zero-order valence-electron chi connectivity index (χ0n) is 11.8. The average molecular weight is 290 g/mol. The van der Waals surface area contributed by atoms with Gasteiger partial charge in [-0.15, -0.1) is 0 Å². The van der Waals surface area contributed by atoms with Crippen LogP contribution in [0.3, 0.4) is 0 Å². The summed E-state index contributed by atoms with van der Waals surface area (Å²) >= 11 is 6.48. The van der Waals surface area contributed by atoms with Gasteiger partial charge in [0.1, 0.15) is 0 Å². The molecule has 0 spiro atoms. The first-order chi connectivity index (χ1) is 9.81. The standard InChI is InChI=1S/C17H20ClNO/c1-2-8-19-17-11-20-9-7-13-12-5-3-4-6-14(12)16(18)10-15(13)17/h3-6,10,17,19H,2,7-9,11H2,1H3. The third-order valence-electron chi connectivity index (χ3n) is 3.94. The summed E-state index contributed by atoms with van der Waals surface area (Å²) in [6.45, 7) is 4.68. The van der Waals surface area contributed by atoms with E-state index in [1.807, 2.05) is 6.07 Å². The van der Waals surface area contributed by atoms with Crippen molar-refractivity contribution >= 4 is 22.4 Å². The molecule has 2 nitrogen and oxygen atoms in total. The number of fused-ring (bicyclic) bond motifs is 3. The van der Waals surface area contributed by atoms with Crippen molar-refractivity contribution in [2.45, 2.75) is 25.8 Å². The van der Waals surface area contributed by atoms with Crippen LogP contribution in [0.2, 0.25) is 5.02 Å². The maximum absolute atomic E-state index is 6.48. The Kier molecular flexibility index (Phi) is 4.25. The van der Waals surface area contributed by atoms with Crippen LogP contribution < -0.4 is 5.32 Å². The van der Waals surface area contributed by atoms with Crippen molar-refractivity contribution in [1.29, 1.82) is 0 Å². The molecule has 0 saturated carbocycles. The number of nitrogens with one attached hydrogen (secondary N) is 1. The van der Waals surface area contributed by atoms with E-state index < -0.39 is 0 Å². The molecule has 1 atom stereocenters. The first-order valence-electron chi connectivity index (χ1n) is 7.32. The zero-order valence-corrected chi connectivity index (χ0v) is 12.5. The molecule has 2 aromatic carbocycles. The van der Waals surface area contributed by atoms with Crippen LogP contribution in [-0.2, 0) is 11.2 Å². The van der Waals surface area contributed by atoms with E-state index in [1.54, 1.807) is 0 Å². The summed E-state index contributed by atoms with van der Waals surface area (Å²) < 4.78 is 5.77. The maximum atomic E-state index is 6.48. The van der Waals surface area contributed by atoms with Crippen LogP contribution in [0.1, 0.15) is 30.5 Å². The highest BCUT2D eigenvalue weighted by Gasteiger charge is 2.21. The van der Waals surface area contributed by atoms with Gasteiger partial charge in [-0.05, 0) is 42.0 Å². The van der Waals surface area contributed by atoms with Crippen LogP contribution in [0.15, 0.2) is 30.3 Å². The van der Waals surface area contributed by atoms with E-state index in [0.29, 0.717) is 0 Å². The Hall–Kier alpha value is -1.09. The van der Waals surface area contributed by atoms with Crippen LogP contribution in [0.25, 0.3) is 10.8 Å². The highest BCUT2D eigenvalue weighted by atomic mass is 35.5. The molecule has 1 aliphatic rings. The van der Waals surface area contributed by atoms with Gasteiger partial charge in [0.2, 0.25) is 0 Å². The van der Waals surface area contributed by atoms with Gasteiger partial charge in [0, 0.05) is 10.4 Å². The molecule has 20 heavy (non-hydrogen) atoms. The maximum Gasteiger partial charge on any atom is 0.0661 e. The van der Waals surface area contributed by atoms with Gasteiger partial charge in [0.25, 0.3) is 0 Å². The highest BCUT2D eigenvalue weighted by molar-refractivity contribution is 6.35. The van der Waals surface area contributed by atoms with Crippen molar-refractivity contribution in [1.82, 2.24) is 5.32 Å². The summed E-state index contributed by atoms with van der Waals surface area (Å²) in [6, 6.07) is 10.8. The fourth-order valence-electron chi connectivity index (χ4n) is 2.95. The predicted molar refractivity (Wildman–Crippen MR) is 84.5 cm³/mol. The largest absolute Gasteiger partial charge is 0.379 e. The molecule has 1 aliphatic heterocycles. The topological polar surface area (TPSA) is 21.3 Å². The number of hydrogen-bond acceptors (Lipinski definition) is 2. The third-order valence-corrected chi connectivity index (χ3v) is 4.25. The van der Waals surface area contributed by atoms with Crippen molar-refractivity contribution in [2.24, 2.45) is 0 Å². The Balaban J connectivity index is 2.13. The van der Waals surface area contributed by atoms with Crippen LogP contribution in [0.4, 0.5) is 0 Å². The van der Waals surface area contributed by atoms with Gasteiger partial charge >= 0.3 is 0 Å². The number of ether oxygens (including phenoxy) is 1. The van der Waals surface area contributed by atoms with E-state index in [9.17, 15) is 0 Å². The van der Waals surface area contributed by atoms with Gasteiger partial charge in [0.15, 0.2) is 0 Å². The highest BCUT2D eigenvalue weighted by Crippen LogP contribution is 2.34. The normalized spacial score (nSPS) is 18.8. The van der Waals surface area contributed by atoms with Gasteiger partial charge in [-0.2, -0.15) is 0 Å². The minimum Gasteiger partial charge on any atom is -0.379 e. The summed E-state index contributed by atoms with van der Waals surface area (Å²) in [7, 11) is 0. The van der Waals surface area contributed by atoms with Crippen LogP contribution in [0.5, 0.6) is 0 Å². The fraction of sp³-hybridized carbons (Fsp3) is 0.412. The summed E-state index contributed by atoms with van der Waals surface area (Å²) in [5.74, 6) is 0.